The van der Waals surface area contributed by atoms with E-state index in [0.717, 1.165) is 5.69 Å². The summed E-state index contributed by atoms with van der Waals surface area (Å²) in [6.07, 6.45) is 0.361. The number of carbonyl (C=O) groups excluding carboxylic acids is 2. The van der Waals surface area contributed by atoms with Gasteiger partial charge < -0.3 is 9.64 Å². The Balaban J connectivity index is 1.47. The van der Waals surface area contributed by atoms with Gasteiger partial charge in [-0.15, -0.1) is 10.2 Å². The van der Waals surface area contributed by atoms with E-state index in [9.17, 15) is 9.59 Å². The smallest absolute Gasteiger partial charge is 0.261 e. The van der Waals surface area contributed by atoms with Crippen LogP contribution in [-0.4, -0.2) is 35.7 Å². The number of para-hydroxylation sites is 1. The molecule has 2 aromatic carbocycles. The molecule has 1 N–H and O–H groups in total. The van der Waals surface area contributed by atoms with E-state index in [2.05, 4.69) is 15.5 Å². The Labute approximate surface area is 176 Å². The molecule has 2 heterocycles. The van der Waals surface area contributed by atoms with E-state index in [1.807, 2.05) is 30.3 Å². The van der Waals surface area contributed by atoms with Crippen LogP contribution in [0.4, 0.5) is 10.8 Å². The number of benzene rings is 2. The summed E-state index contributed by atoms with van der Waals surface area (Å²) in [4.78, 5) is 26.8. The van der Waals surface area contributed by atoms with Crippen LogP contribution in [0.25, 0.3) is 0 Å². The van der Waals surface area contributed by atoms with Crippen molar-refractivity contribution in [2.45, 2.75) is 12.3 Å². The molecule has 1 aliphatic heterocycles. The molecule has 0 saturated carbocycles. The Morgan fingerprint density at radius 3 is 2.79 bits per heavy atom. The molecule has 1 fully saturated rings. The van der Waals surface area contributed by atoms with E-state index in [1.165, 1.54) is 24.5 Å². The minimum absolute atomic E-state index is 0.0469. The van der Waals surface area contributed by atoms with Gasteiger partial charge in [0.2, 0.25) is 11.0 Å². The van der Waals surface area contributed by atoms with Crippen LogP contribution in [-0.2, 0) is 4.79 Å². The molecular weight excluding hydrogens is 412 g/mol. The van der Waals surface area contributed by atoms with E-state index in [0.29, 0.717) is 39.4 Å². The topological polar surface area (TPSA) is 84.4 Å². The SMILES string of the molecule is COc1ccc(Cl)cc1C(=O)Nc1nnc([C@H]2CC(=O)N(c3ccccc3)C2)s1. The van der Waals surface area contributed by atoms with Crippen molar-refractivity contribution in [2.75, 3.05) is 23.9 Å². The lowest BCUT2D eigenvalue weighted by molar-refractivity contribution is -0.117. The summed E-state index contributed by atoms with van der Waals surface area (Å²) in [7, 11) is 1.48. The van der Waals surface area contributed by atoms with Crippen LogP contribution >= 0.6 is 22.9 Å². The third kappa shape index (κ3) is 4.08. The van der Waals surface area contributed by atoms with Gasteiger partial charge in [0.1, 0.15) is 10.8 Å². The number of amides is 2. The fourth-order valence-electron chi connectivity index (χ4n) is 3.20. The van der Waals surface area contributed by atoms with Gasteiger partial charge in [0.25, 0.3) is 5.91 Å². The summed E-state index contributed by atoms with van der Waals surface area (Å²) in [6.45, 7) is 0.535. The quantitative estimate of drug-likeness (QED) is 0.664. The van der Waals surface area contributed by atoms with E-state index < -0.39 is 0 Å². The second kappa shape index (κ2) is 8.18. The summed E-state index contributed by atoms with van der Waals surface area (Å²) < 4.78 is 5.22. The number of aromatic nitrogens is 2. The first-order valence-corrected chi connectivity index (χ1v) is 10.1. The summed E-state index contributed by atoms with van der Waals surface area (Å²) in [5, 5.41) is 12.5. The number of ether oxygens (including phenoxy) is 1. The maximum absolute atomic E-state index is 12.6. The summed E-state index contributed by atoms with van der Waals surface area (Å²) in [5.41, 5.74) is 1.18. The first kappa shape index (κ1) is 19.4. The van der Waals surface area contributed by atoms with Gasteiger partial charge in [-0.3, -0.25) is 14.9 Å². The van der Waals surface area contributed by atoms with E-state index in [-0.39, 0.29) is 17.7 Å². The lowest BCUT2D eigenvalue weighted by Gasteiger charge is -2.15. The fourth-order valence-corrected chi connectivity index (χ4v) is 4.20. The van der Waals surface area contributed by atoms with Gasteiger partial charge in [0, 0.05) is 29.6 Å². The predicted octanol–water partition coefficient (Wildman–Crippen LogP) is 3.97. The van der Waals surface area contributed by atoms with Crippen molar-refractivity contribution in [3.05, 3.63) is 64.1 Å². The molecule has 29 heavy (non-hydrogen) atoms. The first-order valence-electron chi connectivity index (χ1n) is 8.89. The molecule has 0 aliphatic carbocycles. The molecule has 3 aromatic rings. The zero-order valence-electron chi connectivity index (χ0n) is 15.5. The number of hydrogen-bond donors (Lipinski definition) is 1. The monoisotopic (exact) mass is 428 g/mol. The standard InChI is InChI=1S/C20H17ClN4O3S/c1-28-16-8-7-13(21)10-15(16)18(27)22-20-24-23-19(29-20)12-9-17(26)25(11-12)14-5-3-2-4-6-14/h2-8,10,12H,9,11H2,1H3,(H,22,24,27)/t12-/m0/s1. The minimum atomic E-state index is -0.388. The molecule has 2 amide bonds. The molecule has 0 radical (unpaired) electrons. The highest BCUT2D eigenvalue weighted by Gasteiger charge is 2.34. The Morgan fingerprint density at radius 1 is 1.24 bits per heavy atom. The summed E-state index contributed by atoms with van der Waals surface area (Å²) in [5.74, 6) is 0.00852. The van der Waals surface area contributed by atoms with Crippen LogP contribution in [0.3, 0.4) is 0 Å². The number of carbonyl (C=O) groups is 2. The minimum Gasteiger partial charge on any atom is -0.496 e. The van der Waals surface area contributed by atoms with Crippen molar-refractivity contribution < 1.29 is 14.3 Å². The zero-order valence-corrected chi connectivity index (χ0v) is 17.0. The van der Waals surface area contributed by atoms with Gasteiger partial charge in [0.05, 0.1) is 12.7 Å². The molecular formula is C20H17ClN4O3S. The van der Waals surface area contributed by atoms with Crippen LogP contribution in [0, 0.1) is 0 Å². The molecule has 4 rings (SSSR count). The predicted molar refractivity (Wildman–Crippen MR) is 112 cm³/mol. The van der Waals surface area contributed by atoms with Crippen molar-refractivity contribution in [3.63, 3.8) is 0 Å². The average molecular weight is 429 g/mol. The van der Waals surface area contributed by atoms with Crippen molar-refractivity contribution >= 4 is 45.6 Å². The summed E-state index contributed by atoms with van der Waals surface area (Å²) in [6, 6.07) is 14.3. The third-order valence-corrected chi connectivity index (χ3v) is 5.85. The Morgan fingerprint density at radius 2 is 2.03 bits per heavy atom. The molecule has 1 saturated heterocycles. The van der Waals surface area contributed by atoms with Crippen LogP contribution in [0.2, 0.25) is 5.02 Å². The normalized spacial score (nSPS) is 16.1. The average Bonchev–Trinajstić information content (AvgIpc) is 3.35. The number of hydrogen-bond acceptors (Lipinski definition) is 6. The van der Waals surface area contributed by atoms with Gasteiger partial charge in [0.15, 0.2) is 0 Å². The van der Waals surface area contributed by atoms with E-state index in [1.54, 1.807) is 17.0 Å². The summed E-state index contributed by atoms with van der Waals surface area (Å²) >= 11 is 7.25. The second-order valence-electron chi connectivity index (χ2n) is 6.49. The van der Waals surface area contributed by atoms with Crippen LogP contribution in [0.1, 0.15) is 27.7 Å². The third-order valence-electron chi connectivity index (χ3n) is 4.61. The fraction of sp³-hybridized carbons (Fsp3) is 0.200. The number of anilines is 2. The highest BCUT2D eigenvalue weighted by Crippen LogP contribution is 2.34. The molecule has 1 atom stereocenters. The number of rotatable bonds is 5. The number of nitrogens with zero attached hydrogens (tertiary/aromatic N) is 3. The van der Waals surface area contributed by atoms with Crippen LogP contribution in [0.5, 0.6) is 5.75 Å². The maximum atomic E-state index is 12.6. The zero-order chi connectivity index (χ0) is 20.4. The van der Waals surface area contributed by atoms with Crippen molar-refractivity contribution in [2.24, 2.45) is 0 Å². The molecule has 1 aliphatic rings. The maximum Gasteiger partial charge on any atom is 0.261 e. The van der Waals surface area contributed by atoms with Crippen molar-refractivity contribution in [1.82, 2.24) is 10.2 Å². The molecule has 7 nitrogen and oxygen atoms in total. The second-order valence-corrected chi connectivity index (χ2v) is 7.93. The van der Waals surface area contributed by atoms with Crippen molar-refractivity contribution in [1.29, 1.82) is 0 Å². The number of methoxy groups -OCH3 is 1. The Kier molecular flexibility index (Phi) is 5.46. The van der Waals surface area contributed by atoms with Gasteiger partial charge in [-0.2, -0.15) is 0 Å². The molecule has 0 spiro atoms. The molecule has 0 unspecified atom stereocenters. The molecule has 1 aromatic heterocycles. The number of nitrogens with one attached hydrogen (secondary N) is 1. The van der Waals surface area contributed by atoms with E-state index in [4.69, 9.17) is 16.3 Å². The van der Waals surface area contributed by atoms with Gasteiger partial charge in [-0.25, -0.2) is 0 Å². The highest BCUT2D eigenvalue weighted by molar-refractivity contribution is 7.15. The highest BCUT2D eigenvalue weighted by atomic mass is 35.5. The van der Waals surface area contributed by atoms with Crippen molar-refractivity contribution in [3.8, 4) is 5.75 Å². The van der Waals surface area contributed by atoms with Gasteiger partial charge in [-0.1, -0.05) is 41.1 Å². The lowest BCUT2D eigenvalue weighted by Crippen LogP contribution is -2.24. The molecule has 148 valence electrons. The molecule has 9 heteroatoms. The molecule has 0 bridgehead atoms. The van der Waals surface area contributed by atoms with Crippen LogP contribution < -0.4 is 15.0 Å². The Hall–Kier alpha value is -2.97. The number of halogens is 1. The lowest BCUT2D eigenvalue weighted by atomic mass is 10.1. The van der Waals surface area contributed by atoms with E-state index >= 15 is 0 Å². The van der Waals surface area contributed by atoms with Crippen LogP contribution in [0.15, 0.2) is 48.5 Å². The Bertz CT molecular complexity index is 1060. The first-order chi connectivity index (χ1) is 14.0. The van der Waals surface area contributed by atoms with Gasteiger partial charge >= 0.3 is 0 Å². The largest absolute Gasteiger partial charge is 0.496 e. The van der Waals surface area contributed by atoms with Gasteiger partial charge in [-0.05, 0) is 30.3 Å².